The molecule has 412 valence electrons. The van der Waals surface area contributed by atoms with Gasteiger partial charge in [0.2, 0.25) is 47.3 Å². The minimum atomic E-state index is -1.58. The van der Waals surface area contributed by atoms with Crippen LogP contribution in [0.1, 0.15) is 90.2 Å². The van der Waals surface area contributed by atoms with Crippen LogP contribution < -0.4 is 37.6 Å². The summed E-state index contributed by atoms with van der Waals surface area (Å²) in [5.74, 6) is -5.92. The molecule has 0 spiro atoms. The molecule has 0 aliphatic carbocycles. The van der Waals surface area contributed by atoms with E-state index in [2.05, 4.69) is 47.1 Å². The van der Waals surface area contributed by atoms with Gasteiger partial charge in [0.15, 0.2) is 5.82 Å². The third-order valence-electron chi connectivity index (χ3n) is 13.6. The maximum Gasteiger partial charge on any atom is 0.247 e. The first-order valence-electron chi connectivity index (χ1n) is 24.9. The Morgan fingerprint density at radius 3 is 2.26 bits per heavy atom. The molecule has 0 saturated carbocycles. The smallest absolute Gasteiger partial charge is 0.247 e. The largest absolute Gasteiger partial charge is 0.391 e. The Morgan fingerprint density at radius 1 is 0.885 bits per heavy atom. The number of aliphatic imine (C=N–C) groups is 1. The van der Waals surface area contributed by atoms with E-state index in [1.165, 1.54) is 27.6 Å². The van der Waals surface area contributed by atoms with E-state index >= 15 is 0 Å². The summed E-state index contributed by atoms with van der Waals surface area (Å²) in [7, 11) is 0. The lowest BCUT2D eigenvalue weighted by Gasteiger charge is -2.35. The number of aromatic nitrogens is 4. The summed E-state index contributed by atoms with van der Waals surface area (Å²) in [6.45, 7) is 11.3. The highest BCUT2D eigenvalue weighted by Crippen LogP contribution is 2.40. The number of amides is 8. The van der Waals surface area contributed by atoms with Gasteiger partial charge >= 0.3 is 0 Å². The first-order chi connectivity index (χ1) is 37.0. The molecule has 6 heterocycles. The summed E-state index contributed by atoms with van der Waals surface area (Å²) in [5, 5.41) is 36.9. The van der Waals surface area contributed by atoms with Crippen LogP contribution in [-0.4, -0.2) is 144 Å². The van der Waals surface area contributed by atoms with E-state index < -0.39 is 108 Å². The molecule has 2 saturated heterocycles. The number of benzene rings is 2. The topological polar surface area (TPSA) is 314 Å². The van der Waals surface area contributed by atoms with E-state index in [4.69, 9.17) is 22.3 Å². The fourth-order valence-corrected chi connectivity index (χ4v) is 12.3. The van der Waals surface area contributed by atoms with Crippen molar-refractivity contribution in [3.05, 3.63) is 104 Å². The summed E-state index contributed by atoms with van der Waals surface area (Å²) < 4.78 is 1.87. The molecule has 26 heteroatoms. The number of primary amides is 1. The van der Waals surface area contributed by atoms with Crippen LogP contribution in [0.25, 0.3) is 15.4 Å². The number of hydrogen-bond donors (Lipinski definition) is 8. The Labute approximate surface area is 466 Å². The van der Waals surface area contributed by atoms with Gasteiger partial charge in [0.1, 0.15) is 47.1 Å². The van der Waals surface area contributed by atoms with E-state index in [0.29, 0.717) is 27.9 Å². The number of nitrogens with zero attached hydrogens (tertiary/aromatic N) is 6. The van der Waals surface area contributed by atoms with Crippen LogP contribution in [0.2, 0.25) is 5.02 Å². The molecule has 3 aliphatic rings. The van der Waals surface area contributed by atoms with Gasteiger partial charge in [0.25, 0.3) is 0 Å². The number of nitrogens with one attached hydrogen (secondary N) is 6. The molecule has 0 bridgehead atoms. The normalized spacial score (nSPS) is 23.0. The third kappa shape index (κ3) is 12.8. The lowest BCUT2D eigenvalue weighted by atomic mass is 9.85. The molecular formula is C52H60ClN13O9S3. The average molecular weight is 1140 g/mol. The maximum absolute atomic E-state index is 14.4. The van der Waals surface area contributed by atoms with Crippen LogP contribution in [-0.2, 0) is 38.4 Å². The summed E-state index contributed by atoms with van der Waals surface area (Å²) in [4.78, 5) is 124. The number of thiophene rings is 1. The number of thioether (sulfide) groups is 1. The van der Waals surface area contributed by atoms with Crippen LogP contribution in [0, 0.1) is 33.1 Å². The summed E-state index contributed by atoms with van der Waals surface area (Å²) >= 11 is 10.2. The summed E-state index contributed by atoms with van der Waals surface area (Å²) in [5.41, 5.74) is 11.6. The monoisotopic (exact) mass is 1140 g/mol. The minimum Gasteiger partial charge on any atom is -0.391 e. The lowest BCUT2D eigenvalue weighted by Crippen LogP contribution is -2.58. The van der Waals surface area contributed by atoms with Gasteiger partial charge in [-0.05, 0) is 61.9 Å². The SMILES string of the molecule is Cc1ncsc1-c1ccc([C@H]2NC(=O)[C@@H]3C[C@@H](O)CN3C(=O)[C@H](C(C)(C)C)NC(=O)CSC[C@H](C(N)=O)NC(=O)[C@@H](CNC(=O)C[C@H]3N=C(c4ccc(Cl)cc4)c4c(sc(C)c4C)-n4c(C)nnc43)NC(=O)CNC2=O)cc1. The number of rotatable bonds is 8. The van der Waals surface area contributed by atoms with Crippen LogP contribution in [0.5, 0.6) is 0 Å². The molecular weight excluding hydrogens is 1080 g/mol. The van der Waals surface area contributed by atoms with Gasteiger partial charge in [-0.15, -0.1) is 44.6 Å². The van der Waals surface area contributed by atoms with Crippen molar-refractivity contribution >= 4 is 99.0 Å². The number of hydrogen-bond acceptors (Lipinski definition) is 16. The highest BCUT2D eigenvalue weighted by Gasteiger charge is 2.45. The second-order valence-electron chi connectivity index (χ2n) is 20.3. The Hall–Kier alpha value is -7.06. The predicted octanol–water partition coefficient (Wildman–Crippen LogP) is 2.41. The number of nitrogens with two attached hydrogens (primary N) is 1. The standard InChI is InChI=1S/C52H60ClN13O9S3/c1-24-26(3)78-51-40(24)41(28-12-14-31(53)15-13-28)59-33(46-64-63-27(4)66(46)51)17-37(68)55-18-34-47(72)60-35(45(54)71)21-76-22-39(70)61-44(52(5,6)7)50(75)65-20-32(67)16-36(65)48(73)62-42(49(74)56-19-38(69)58-34)29-8-10-30(11-9-29)43-25(2)57-23-77-43/h8-15,23,32-36,42,44,67H,16-22H2,1-7H3,(H2,54,71)(H,55,68)(H,56,74)(H,58,69)(H,60,72)(H,61,70)(H,62,73)/t32-,33-,34-,35-,36+,42-,44-/m1/s1. The Morgan fingerprint density at radius 2 is 1.59 bits per heavy atom. The number of thiazole rings is 1. The number of carbonyl (C=O) groups is 8. The molecule has 7 atom stereocenters. The quantitative estimate of drug-likeness (QED) is 0.111. The summed E-state index contributed by atoms with van der Waals surface area (Å²) in [6, 6.07) is 6.10. The maximum atomic E-state index is 14.4. The van der Waals surface area contributed by atoms with Crippen molar-refractivity contribution in [3.63, 3.8) is 0 Å². The number of aliphatic hydroxyl groups is 1. The molecule has 8 amide bonds. The van der Waals surface area contributed by atoms with Crippen molar-refractivity contribution in [2.75, 3.05) is 31.1 Å². The van der Waals surface area contributed by atoms with Crippen molar-refractivity contribution in [1.29, 1.82) is 0 Å². The van der Waals surface area contributed by atoms with Gasteiger partial charge < -0.3 is 47.6 Å². The van der Waals surface area contributed by atoms with Gasteiger partial charge in [0, 0.05) is 46.3 Å². The first-order valence-corrected chi connectivity index (χ1v) is 28.2. The molecule has 0 radical (unpaired) electrons. The number of halogens is 1. The van der Waals surface area contributed by atoms with E-state index in [1.54, 1.807) is 69.6 Å². The molecule has 3 aliphatic heterocycles. The van der Waals surface area contributed by atoms with E-state index in [9.17, 15) is 43.5 Å². The average Bonchev–Trinajstić information content (AvgIpc) is 4.24. The highest BCUT2D eigenvalue weighted by molar-refractivity contribution is 8.00. The first kappa shape index (κ1) is 57.1. The zero-order chi connectivity index (χ0) is 56.3. The number of aliphatic hydroxyl groups excluding tert-OH is 1. The van der Waals surface area contributed by atoms with Crippen molar-refractivity contribution in [1.82, 2.24) is 56.5 Å². The lowest BCUT2D eigenvalue weighted by molar-refractivity contribution is -0.144. The Kier molecular flexibility index (Phi) is 17.5. The fraction of sp³-hybridized carbons (Fsp3) is 0.423. The van der Waals surface area contributed by atoms with Crippen molar-refractivity contribution in [2.45, 2.75) is 104 Å². The van der Waals surface area contributed by atoms with Crippen molar-refractivity contribution in [2.24, 2.45) is 16.1 Å². The molecule has 0 unspecified atom stereocenters. The molecule has 8 rings (SSSR count). The van der Waals surface area contributed by atoms with E-state index in [0.717, 1.165) is 54.5 Å². The fourth-order valence-electron chi connectivity index (χ4n) is 9.32. The van der Waals surface area contributed by atoms with Gasteiger partial charge in [-0.3, -0.25) is 47.9 Å². The molecule has 78 heavy (non-hydrogen) atoms. The minimum absolute atomic E-state index is 0.180. The second kappa shape index (κ2) is 23.9. The van der Waals surface area contributed by atoms with Crippen molar-refractivity contribution < 1.29 is 43.5 Å². The highest BCUT2D eigenvalue weighted by atomic mass is 35.5. The second-order valence-corrected chi connectivity index (χ2v) is 23.8. The van der Waals surface area contributed by atoms with E-state index in [-0.39, 0.29) is 30.9 Å². The third-order valence-corrected chi connectivity index (χ3v) is 17.0. The van der Waals surface area contributed by atoms with Crippen LogP contribution in [0.4, 0.5) is 0 Å². The van der Waals surface area contributed by atoms with Crippen LogP contribution in [0.15, 0.2) is 59.0 Å². The molecule has 2 aromatic carbocycles. The van der Waals surface area contributed by atoms with Gasteiger partial charge in [-0.25, -0.2) is 4.98 Å². The van der Waals surface area contributed by atoms with Gasteiger partial charge in [-0.2, -0.15) is 0 Å². The Balaban J connectivity index is 1.08. The number of aryl methyl sites for hydroxylation is 3. The van der Waals surface area contributed by atoms with Gasteiger partial charge in [0.05, 0.1) is 46.6 Å². The van der Waals surface area contributed by atoms with Crippen LogP contribution in [0.3, 0.4) is 0 Å². The van der Waals surface area contributed by atoms with Crippen LogP contribution >= 0.6 is 46.0 Å². The molecule has 2 fully saturated rings. The molecule has 3 aromatic heterocycles. The Bertz CT molecular complexity index is 3190. The zero-order valence-corrected chi connectivity index (χ0v) is 47.0. The van der Waals surface area contributed by atoms with Gasteiger partial charge in [-0.1, -0.05) is 68.8 Å². The number of fused-ring (bicyclic) bond motifs is 4. The van der Waals surface area contributed by atoms with Crippen molar-refractivity contribution in [3.8, 4) is 15.4 Å². The predicted molar refractivity (Wildman–Crippen MR) is 295 cm³/mol. The molecule has 22 nitrogen and oxygen atoms in total. The summed E-state index contributed by atoms with van der Waals surface area (Å²) in [6.07, 6.45) is -1.59. The zero-order valence-electron chi connectivity index (χ0n) is 43.8. The molecule has 5 aromatic rings. The number of carbonyl (C=O) groups excluding carboxylic acids is 8. The van der Waals surface area contributed by atoms with E-state index in [1.807, 2.05) is 37.5 Å². The molecule has 9 N–H and O–H groups in total.